The van der Waals surface area contributed by atoms with Gasteiger partial charge in [-0.3, -0.25) is 4.98 Å². The highest BCUT2D eigenvalue weighted by atomic mass is 32.1. The molecule has 0 spiro atoms. The van der Waals surface area contributed by atoms with Crippen molar-refractivity contribution in [3.63, 3.8) is 0 Å². The highest BCUT2D eigenvalue weighted by Gasteiger charge is 2.20. The van der Waals surface area contributed by atoms with Crippen LogP contribution in [-0.4, -0.2) is 30.3 Å². The monoisotopic (exact) mass is 289 g/mol. The number of pyridine rings is 1. The van der Waals surface area contributed by atoms with Gasteiger partial charge in [-0.05, 0) is 18.2 Å². The molecule has 3 rings (SSSR count). The SMILES string of the molecule is COC(=O)c1sc2c(cnc3ccc(OC)cc32)c1O. The van der Waals surface area contributed by atoms with E-state index in [4.69, 9.17) is 4.74 Å². The zero-order chi connectivity index (χ0) is 14.3. The molecule has 0 radical (unpaired) electrons. The smallest absolute Gasteiger partial charge is 0.351 e. The molecule has 5 nitrogen and oxygen atoms in total. The van der Waals surface area contributed by atoms with E-state index >= 15 is 0 Å². The van der Waals surface area contributed by atoms with E-state index in [2.05, 4.69) is 9.72 Å². The number of aromatic hydroxyl groups is 1. The number of ether oxygens (including phenoxy) is 2. The molecule has 0 saturated carbocycles. The van der Waals surface area contributed by atoms with Gasteiger partial charge in [-0.2, -0.15) is 0 Å². The number of carbonyl (C=O) groups excluding carboxylic acids is 1. The zero-order valence-corrected chi connectivity index (χ0v) is 11.7. The predicted molar refractivity (Wildman–Crippen MR) is 76.7 cm³/mol. The number of thiophene rings is 1. The summed E-state index contributed by atoms with van der Waals surface area (Å²) in [4.78, 5) is 16.1. The molecule has 0 aliphatic rings. The van der Waals surface area contributed by atoms with Gasteiger partial charge in [0.2, 0.25) is 0 Å². The van der Waals surface area contributed by atoms with Crippen molar-refractivity contribution in [2.24, 2.45) is 0 Å². The van der Waals surface area contributed by atoms with Gasteiger partial charge in [-0.25, -0.2) is 4.79 Å². The van der Waals surface area contributed by atoms with Crippen LogP contribution in [0.25, 0.3) is 21.0 Å². The minimum atomic E-state index is -0.556. The Balaban J connectivity index is 2.38. The van der Waals surface area contributed by atoms with E-state index in [0.29, 0.717) is 11.1 Å². The summed E-state index contributed by atoms with van der Waals surface area (Å²) >= 11 is 1.19. The molecular formula is C14H11NO4S. The fourth-order valence-corrected chi connectivity index (χ4v) is 3.17. The third-order valence-corrected chi connectivity index (χ3v) is 4.28. The lowest BCUT2D eigenvalue weighted by atomic mass is 10.1. The van der Waals surface area contributed by atoms with Gasteiger partial charge < -0.3 is 14.6 Å². The van der Waals surface area contributed by atoms with Crippen LogP contribution in [0.4, 0.5) is 0 Å². The summed E-state index contributed by atoms with van der Waals surface area (Å²) in [6.45, 7) is 0. The molecule has 0 fully saturated rings. The van der Waals surface area contributed by atoms with Gasteiger partial charge in [0.15, 0.2) is 4.88 Å². The molecule has 20 heavy (non-hydrogen) atoms. The standard InChI is InChI=1S/C14H11NO4S/c1-18-7-3-4-10-8(5-7)12-9(6-15-10)11(16)13(20-12)14(17)19-2/h3-6,16H,1-2H3. The molecule has 0 aliphatic heterocycles. The first-order chi connectivity index (χ1) is 9.65. The van der Waals surface area contributed by atoms with Crippen molar-refractivity contribution < 1.29 is 19.4 Å². The number of carbonyl (C=O) groups is 1. The number of nitrogens with zero attached hydrogens (tertiary/aromatic N) is 1. The zero-order valence-electron chi connectivity index (χ0n) is 10.8. The van der Waals surface area contributed by atoms with Crippen molar-refractivity contribution in [2.45, 2.75) is 0 Å². The van der Waals surface area contributed by atoms with E-state index in [-0.39, 0.29) is 10.6 Å². The van der Waals surface area contributed by atoms with Crippen LogP contribution in [0.15, 0.2) is 24.4 Å². The molecule has 1 aromatic carbocycles. The number of hydrogen-bond acceptors (Lipinski definition) is 6. The van der Waals surface area contributed by atoms with Gasteiger partial charge in [0.25, 0.3) is 0 Å². The summed E-state index contributed by atoms with van der Waals surface area (Å²) in [6, 6.07) is 5.49. The quantitative estimate of drug-likeness (QED) is 0.735. The lowest BCUT2D eigenvalue weighted by molar-refractivity contribution is 0.0603. The largest absolute Gasteiger partial charge is 0.505 e. The highest BCUT2D eigenvalue weighted by Crippen LogP contribution is 2.40. The summed E-state index contributed by atoms with van der Waals surface area (Å²) in [5.41, 5.74) is 0.774. The van der Waals surface area contributed by atoms with Crippen LogP contribution >= 0.6 is 11.3 Å². The Bertz CT molecular complexity index is 825. The van der Waals surface area contributed by atoms with Crippen LogP contribution in [0.2, 0.25) is 0 Å². The summed E-state index contributed by atoms with van der Waals surface area (Å²) in [7, 11) is 2.87. The molecule has 0 aliphatic carbocycles. The molecule has 3 aromatic rings. The number of rotatable bonds is 2. The number of aromatic nitrogens is 1. The summed E-state index contributed by atoms with van der Waals surface area (Å²) < 4.78 is 10.7. The topological polar surface area (TPSA) is 68.7 Å². The van der Waals surface area contributed by atoms with E-state index < -0.39 is 5.97 Å². The first kappa shape index (κ1) is 12.7. The first-order valence-corrected chi connectivity index (χ1v) is 6.64. The molecule has 2 aromatic heterocycles. The van der Waals surface area contributed by atoms with Crippen LogP contribution in [0.5, 0.6) is 11.5 Å². The molecule has 102 valence electrons. The van der Waals surface area contributed by atoms with Crippen molar-refractivity contribution in [1.29, 1.82) is 0 Å². The van der Waals surface area contributed by atoms with Crippen molar-refractivity contribution in [3.05, 3.63) is 29.3 Å². The van der Waals surface area contributed by atoms with Crippen molar-refractivity contribution in [2.75, 3.05) is 14.2 Å². The maximum absolute atomic E-state index is 11.6. The van der Waals surface area contributed by atoms with E-state index in [0.717, 1.165) is 15.6 Å². The maximum atomic E-state index is 11.6. The lowest BCUT2D eigenvalue weighted by Gasteiger charge is -2.02. The summed E-state index contributed by atoms with van der Waals surface area (Å²) in [6.07, 6.45) is 1.56. The molecule has 0 unspecified atom stereocenters. The molecule has 0 bridgehead atoms. The van der Waals surface area contributed by atoms with Crippen molar-refractivity contribution in [3.8, 4) is 11.5 Å². The van der Waals surface area contributed by atoms with Crippen LogP contribution in [0, 0.1) is 0 Å². The minimum Gasteiger partial charge on any atom is -0.505 e. The molecule has 6 heteroatoms. The van der Waals surface area contributed by atoms with Crippen LogP contribution < -0.4 is 4.74 Å². The number of hydrogen-bond donors (Lipinski definition) is 1. The summed E-state index contributed by atoms with van der Waals surface area (Å²) in [5, 5.41) is 11.5. The van der Waals surface area contributed by atoms with E-state index in [1.165, 1.54) is 18.4 Å². The fraction of sp³-hybridized carbons (Fsp3) is 0.143. The Kier molecular flexibility index (Phi) is 2.94. The number of benzene rings is 1. The van der Waals surface area contributed by atoms with Crippen molar-refractivity contribution in [1.82, 2.24) is 4.98 Å². The second-order valence-corrected chi connectivity index (χ2v) is 5.18. The van der Waals surface area contributed by atoms with Gasteiger partial charge >= 0.3 is 5.97 Å². The minimum absolute atomic E-state index is 0.0888. The Morgan fingerprint density at radius 2 is 2.10 bits per heavy atom. The molecule has 1 N–H and O–H groups in total. The van der Waals surface area contributed by atoms with E-state index in [1.54, 1.807) is 13.3 Å². The predicted octanol–water partition coefficient (Wildman–Crippen LogP) is 2.95. The Morgan fingerprint density at radius 3 is 2.80 bits per heavy atom. The Labute approximate surface area is 118 Å². The number of esters is 1. The third kappa shape index (κ3) is 1.77. The van der Waals surface area contributed by atoms with Crippen LogP contribution in [-0.2, 0) is 4.74 Å². The molecular weight excluding hydrogens is 278 g/mol. The first-order valence-electron chi connectivity index (χ1n) is 5.82. The second kappa shape index (κ2) is 4.64. The Morgan fingerprint density at radius 1 is 1.30 bits per heavy atom. The molecule has 0 amide bonds. The third-order valence-electron chi connectivity index (χ3n) is 3.07. The van der Waals surface area contributed by atoms with Gasteiger partial charge in [0, 0.05) is 11.6 Å². The van der Waals surface area contributed by atoms with Crippen LogP contribution in [0.3, 0.4) is 0 Å². The maximum Gasteiger partial charge on any atom is 0.351 e. The Hall–Kier alpha value is -2.34. The molecule has 2 heterocycles. The van der Waals surface area contributed by atoms with Gasteiger partial charge in [-0.15, -0.1) is 11.3 Å². The van der Waals surface area contributed by atoms with Crippen molar-refractivity contribution >= 4 is 38.3 Å². The fourth-order valence-electron chi connectivity index (χ4n) is 2.06. The van der Waals surface area contributed by atoms with Crippen LogP contribution in [0.1, 0.15) is 9.67 Å². The summed E-state index contributed by atoms with van der Waals surface area (Å²) in [5.74, 6) is 0.0492. The van der Waals surface area contributed by atoms with E-state index in [9.17, 15) is 9.90 Å². The van der Waals surface area contributed by atoms with Gasteiger partial charge in [0.1, 0.15) is 11.5 Å². The average Bonchev–Trinajstić information content (AvgIpc) is 2.83. The van der Waals surface area contributed by atoms with Gasteiger partial charge in [-0.1, -0.05) is 0 Å². The lowest BCUT2D eigenvalue weighted by Crippen LogP contribution is -1.97. The van der Waals surface area contributed by atoms with Gasteiger partial charge in [0.05, 0.1) is 29.8 Å². The molecule has 0 saturated heterocycles. The normalized spacial score (nSPS) is 10.9. The second-order valence-electron chi connectivity index (χ2n) is 4.16. The number of fused-ring (bicyclic) bond motifs is 3. The molecule has 0 atom stereocenters. The highest BCUT2D eigenvalue weighted by molar-refractivity contribution is 7.22. The average molecular weight is 289 g/mol. The number of methoxy groups -OCH3 is 2. The van der Waals surface area contributed by atoms with E-state index in [1.807, 2.05) is 18.2 Å².